The molecular weight excluding hydrogens is 781 g/mol. The normalized spacial score (nSPS) is 12.1. The van der Waals surface area contributed by atoms with Gasteiger partial charge in [-0.2, -0.15) is 0 Å². The monoisotopic (exact) mass is 814 g/mol. The van der Waals surface area contributed by atoms with E-state index in [1.54, 1.807) is 0 Å². The van der Waals surface area contributed by atoms with E-state index in [9.17, 15) is 0 Å². The number of hydrogen-bond acceptors (Lipinski definition) is 4. The van der Waals surface area contributed by atoms with E-state index in [0.717, 1.165) is 71.5 Å². The second kappa shape index (κ2) is 13.4. The molecule has 0 spiro atoms. The third-order valence-electron chi connectivity index (χ3n) is 13.2. The van der Waals surface area contributed by atoms with Crippen LogP contribution in [0.5, 0.6) is 0 Å². The van der Waals surface area contributed by atoms with Crippen molar-refractivity contribution >= 4 is 97.6 Å². The molecule has 64 heavy (non-hydrogen) atoms. The molecule has 0 saturated carbocycles. The molecular formula is C59H34N4O. The van der Waals surface area contributed by atoms with Gasteiger partial charge in [-0.1, -0.05) is 170 Å². The molecule has 0 N–H and O–H groups in total. The van der Waals surface area contributed by atoms with Gasteiger partial charge in [-0.3, -0.25) is 0 Å². The highest BCUT2D eigenvalue weighted by molar-refractivity contribution is 6.21. The first-order chi connectivity index (χ1) is 31.7. The van der Waals surface area contributed by atoms with Gasteiger partial charge in [0.2, 0.25) is 0 Å². The number of fused-ring (bicyclic) bond motifs is 13. The molecule has 3 heterocycles. The van der Waals surface area contributed by atoms with E-state index in [2.05, 4.69) is 199 Å². The zero-order chi connectivity index (χ0) is 41.9. The molecule has 14 aromatic rings. The van der Waals surface area contributed by atoms with Crippen molar-refractivity contribution in [2.45, 2.75) is 0 Å². The lowest BCUT2D eigenvalue weighted by Crippen LogP contribution is -2.02. The van der Waals surface area contributed by atoms with Gasteiger partial charge in [0.1, 0.15) is 11.2 Å². The molecule has 3 aromatic heterocycles. The van der Waals surface area contributed by atoms with Crippen LogP contribution < -0.4 is 0 Å². The minimum Gasteiger partial charge on any atom is -0.456 e. The lowest BCUT2D eigenvalue weighted by molar-refractivity contribution is 0.668. The number of aromatic nitrogens is 4. The lowest BCUT2D eigenvalue weighted by atomic mass is 9.99. The molecule has 11 aromatic carbocycles. The minimum absolute atomic E-state index is 0.570. The van der Waals surface area contributed by atoms with Gasteiger partial charge in [0.25, 0.3) is 0 Å². The van der Waals surface area contributed by atoms with Crippen LogP contribution in [0, 0.1) is 0 Å². The summed E-state index contributed by atoms with van der Waals surface area (Å²) in [6.07, 6.45) is 0. The van der Waals surface area contributed by atoms with Gasteiger partial charge < -0.3 is 8.98 Å². The van der Waals surface area contributed by atoms with Crippen LogP contribution in [0.3, 0.4) is 0 Å². The molecule has 0 unspecified atom stereocenters. The SMILES string of the molecule is c1ccc2cc3c(cc2c1)c1ccc2ccccc2c1n3-c1cc(-c2nc(-c3ccc4c(ccc5ccccc54)c3)nc(-c3cccc4ccccc34)n2)c2c(c1)oc1ccccc12. The summed E-state index contributed by atoms with van der Waals surface area (Å²) in [4.78, 5) is 16.2. The maximum atomic E-state index is 6.82. The second-order valence-electron chi connectivity index (χ2n) is 16.8. The van der Waals surface area contributed by atoms with Crippen molar-refractivity contribution in [3.05, 3.63) is 206 Å². The van der Waals surface area contributed by atoms with Gasteiger partial charge in [-0.05, 0) is 78.8 Å². The summed E-state index contributed by atoms with van der Waals surface area (Å²) in [7, 11) is 0. The van der Waals surface area contributed by atoms with Crippen LogP contribution in [0.4, 0.5) is 0 Å². The van der Waals surface area contributed by atoms with E-state index in [1.165, 1.54) is 48.5 Å². The Morgan fingerprint density at radius 1 is 0.328 bits per heavy atom. The zero-order valence-electron chi connectivity index (χ0n) is 34.3. The zero-order valence-corrected chi connectivity index (χ0v) is 34.3. The number of furan rings is 1. The topological polar surface area (TPSA) is 56.7 Å². The molecule has 0 atom stereocenters. The van der Waals surface area contributed by atoms with Crippen molar-refractivity contribution in [2.24, 2.45) is 0 Å². The predicted molar refractivity (Wildman–Crippen MR) is 265 cm³/mol. The maximum absolute atomic E-state index is 6.82. The van der Waals surface area contributed by atoms with Crippen LogP contribution in [-0.4, -0.2) is 19.5 Å². The highest BCUT2D eigenvalue weighted by atomic mass is 16.3. The smallest absolute Gasteiger partial charge is 0.164 e. The summed E-state index contributed by atoms with van der Waals surface area (Å²) in [5.41, 5.74) is 7.50. The fourth-order valence-electron chi connectivity index (χ4n) is 10.2. The van der Waals surface area contributed by atoms with E-state index in [1.807, 2.05) is 12.1 Å². The molecule has 0 aliphatic heterocycles. The molecule has 0 fully saturated rings. The Hall–Kier alpha value is -8.67. The Balaban J connectivity index is 1.10. The standard InChI is InChI=1S/C59H34N4O/c1-2-16-39-32-52-50(31-38(39)15-1)47-29-26-37-14-5-8-20-46(37)56(47)63(52)42-33-51(55-49-21-9-10-23-53(49)64-54(55)34-42)59-61-57(60-58(62-59)48-22-11-17-35-12-3-7-19-44(35)48)41-27-28-45-40(30-41)25-24-36-13-4-6-18-43(36)45/h1-34H. The van der Waals surface area contributed by atoms with Crippen LogP contribution in [-0.2, 0) is 0 Å². The molecule has 14 rings (SSSR count). The minimum atomic E-state index is 0.570. The predicted octanol–water partition coefficient (Wildman–Crippen LogP) is 15.6. The summed E-state index contributed by atoms with van der Waals surface area (Å²) in [5.74, 6) is 1.78. The fourth-order valence-corrected chi connectivity index (χ4v) is 10.2. The van der Waals surface area contributed by atoms with Crippen LogP contribution in [0.1, 0.15) is 0 Å². The van der Waals surface area contributed by atoms with Gasteiger partial charge in [0, 0.05) is 49.7 Å². The Morgan fingerprint density at radius 3 is 1.73 bits per heavy atom. The first kappa shape index (κ1) is 35.0. The average molecular weight is 815 g/mol. The molecule has 0 bridgehead atoms. The molecule has 0 aliphatic rings. The van der Waals surface area contributed by atoms with E-state index in [0.29, 0.717) is 17.5 Å². The first-order valence-corrected chi connectivity index (χ1v) is 21.7. The molecule has 5 nitrogen and oxygen atoms in total. The fraction of sp³-hybridized carbons (Fsp3) is 0. The number of benzene rings is 11. The Morgan fingerprint density at radius 2 is 0.906 bits per heavy atom. The van der Waals surface area contributed by atoms with Crippen LogP contribution in [0.15, 0.2) is 211 Å². The van der Waals surface area contributed by atoms with Gasteiger partial charge in [0.15, 0.2) is 17.5 Å². The van der Waals surface area contributed by atoms with Crippen molar-refractivity contribution in [1.82, 2.24) is 19.5 Å². The van der Waals surface area contributed by atoms with Crippen LogP contribution >= 0.6 is 0 Å². The summed E-state index contributed by atoms with van der Waals surface area (Å²) in [6.45, 7) is 0. The third kappa shape index (κ3) is 5.22. The summed E-state index contributed by atoms with van der Waals surface area (Å²) in [5, 5.41) is 16.0. The molecule has 5 heteroatoms. The summed E-state index contributed by atoms with van der Waals surface area (Å²) < 4.78 is 9.24. The van der Waals surface area contributed by atoms with Gasteiger partial charge >= 0.3 is 0 Å². The highest BCUT2D eigenvalue weighted by Crippen LogP contribution is 2.43. The van der Waals surface area contributed by atoms with Crippen molar-refractivity contribution in [2.75, 3.05) is 0 Å². The van der Waals surface area contributed by atoms with Gasteiger partial charge in [-0.25, -0.2) is 15.0 Å². The third-order valence-corrected chi connectivity index (χ3v) is 13.2. The van der Waals surface area contributed by atoms with E-state index >= 15 is 0 Å². The van der Waals surface area contributed by atoms with E-state index < -0.39 is 0 Å². The maximum Gasteiger partial charge on any atom is 0.164 e. The first-order valence-electron chi connectivity index (χ1n) is 21.7. The lowest BCUT2D eigenvalue weighted by Gasteiger charge is -2.14. The number of hydrogen-bond donors (Lipinski definition) is 0. The Kier molecular flexibility index (Phi) is 7.33. The quantitative estimate of drug-likeness (QED) is 0.166. The highest BCUT2D eigenvalue weighted by Gasteiger charge is 2.23. The Bertz CT molecular complexity index is 4270. The molecule has 0 amide bonds. The second-order valence-corrected chi connectivity index (χ2v) is 16.8. The van der Waals surface area contributed by atoms with E-state index in [4.69, 9.17) is 19.4 Å². The van der Waals surface area contributed by atoms with E-state index in [-0.39, 0.29) is 0 Å². The van der Waals surface area contributed by atoms with Gasteiger partial charge in [0.05, 0.1) is 16.7 Å². The molecule has 0 aliphatic carbocycles. The average Bonchev–Trinajstić information content (AvgIpc) is 3.90. The van der Waals surface area contributed by atoms with Crippen molar-refractivity contribution in [1.29, 1.82) is 0 Å². The van der Waals surface area contributed by atoms with Crippen molar-refractivity contribution in [3.8, 4) is 39.9 Å². The molecule has 0 radical (unpaired) electrons. The molecule has 0 saturated heterocycles. The van der Waals surface area contributed by atoms with Crippen LogP contribution in [0.2, 0.25) is 0 Å². The summed E-state index contributed by atoms with van der Waals surface area (Å²) >= 11 is 0. The van der Waals surface area contributed by atoms with Crippen LogP contribution in [0.25, 0.3) is 137 Å². The number of rotatable bonds is 4. The molecule has 296 valence electrons. The largest absolute Gasteiger partial charge is 0.456 e. The number of para-hydroxylation sites is 1. The summed E-state index contributed by atoms with van der Waals surface area (Å²) in [6, 6.07) is 73.4. The number of nitrogens with zero attached hydrogens (tertiary/aromatic N) is 4. The Labute approximate surface area is 366 Å². The van der Waals surface area contributed by atoms with Crippen molar-refractivity contribution < 1.29 is 4.42 Å². The van der Waals surface area contributed by atoms with Crippen molar-refractivity contribution in [3.63, 3.8) is 0 Å². The van der Waals surface area contributed by atoms with Gasteiger partial charge in [-0.15, -0.1) is 0 Å².